The average molecular weight is 206 g/mol. The van der Waals surface area contributed by atoms with Gasteiger partial charge in [-0.2, -0.15) is 0 Å². The first kappa shape index (κ1) is 11.7. The van der Waals surface area contributed by atoms with Crippen LogP contribution < -0.4 is 10.5 Å². The fourth-order valence-electron chi connectivity index (χ4n) is 1.21. The quantitative estimate of drug-likeness (QED) is 0.751. The molecule has 82 valence electrons. The molecule has 1 aromatic heterocycles. The van der Waals surface area contributed by atoms with E-state index in [4.69, 9.17) is 10.5 Å². The summed E-state index contributed by atoms with van der Waals surface area (Å²) in [7, 11) is 0. The van der Waals surface area contributed by atoms with Crippen LogP contribution in [0.5, 0.6) is 5.75 Å². The molecule has 0 aromatic carbocycles. The molecule has 0 fully saturated rings. The number of ether oxygens (including phenoxy) is 1. The molecule has 2 N–H and O–H groups in total. The molecule has 0 saturated heterocycles. The van der Waals surface area contributed by atoms with Gasteiger partial charge in [0.1, 0.15) is 5.75 Å². The molecular weight excluding hydrogens is 188 g/mol. The Morgan fingerprint density at radius 3 is 2.87 bits per heavy atom. The SMILES string of the molecule is C=C(C)CCOc1ccc(C)nc1CN. The monoisotopic (exact) mass is 206 g/mol. The van der Waals surface area contributed by atoms with Gasteiger partial charge in [-0.15, -0.1) is 6.58 Å². The highest BCUT2D eigenvalue weighted by Crippen LogP contribution is 2.16. The number of rotatable bonds is 5. The van der Waals surface area contributed by atoms with Crippen LogP contribution in [0.2, 0.25) is 0 Å². The van der Waals surface area contributed by atoms with Crippen LogP contribution in [0.15, 0.2) is 24.3 Å². The molecule has 0 aliphatic heterocycles. The van der Waals surface area contributed by atoms with Gasteiger partial charge in [-0.05, 0) is 26.0 Å². The van der Waals surface area contributed by atoms with Gasteiger partial charge in [0.15, 0.2) is 0 Å². The van der Waals surface area contributed by atoms with Gasteiger partial charge in [-0.25, -0.2) is 0 Å². The smallest absolute Gasteiger partial charge is 0.142 e. The van der Waals surface area contributed by atoms with Gasteiger partial charge in [0, 0.05) is 18.7 Å². The van der Waals surface area contributed by atoms with Crippen molar-refractivity contribution in [2.75, 3.05) is 6.61 Å². The summed E-state index contributed by atoms with van der Waals surface area (Å²) in [6.45, 7) is 8.79. The minimum Gasteiger partial charge on any atom is -0.491 e. The standard InChI is InChI=1S/C12H18N2O/c1-9(2)6-7-15-12-5-4-10(3)14-11(12)8-13/h4-5H,1,6-8,13H2,2-3H3. The van der Waals surface area contributed by atoms with E-state index in [1.807, 2.05) is 26.0 Å². The number of pyridine rings is 1. The fourth-order valence-corrected chi connectivity index (χ4v) is 1.21. The van der Waals surface area contributed by atoms with E-state index in [1.54, 1.807) is 0 Å². The van der Waals surface area contributed by atoms with Gasteiger partial charge in [0.25, 0.3) is 0 Å². The molecule has 0 bridgehead atoms. The highest BCUT2D eigenvalue weighted by Gasteiger charge is 2.03. The first-order valence-corrected chi connectivity index (χ1v) is 5.07. The molecule has 0 spiro atoms. The summed E-state index contributed by atoms with van der Waals surface area (Å²) in [6, 6.07) is 3.85. The molecular formula is C12H18N2O. The van der Waals surface area contributed by atoms with Crippen molar-refractivity contribution >= 4 is 0 Å². The largest absolute Gasteiger partial charge is 0.491 e. The molecule has 3 heteroatoms. The Bertz CT molecular complexity index is 347. The van der Waals surface area contributed by atoms with Crippen LogP contribution in [-0.2, 0) is 6.54 Å². The zero-order valence-electron chi connectivity index (χ0n) is 9.42. The molecule has 0 atom stereocenters. The molecule has 15 heavy (non-hydrogen) atoms. The second kappa shape index (κ2) is 5.51. The Balaban J connectivity index is 2.63. The molecule has 1 heterocycles. The second-order valence-corrected chi connectivity index (χ2v) is 3.66. The van der Waals surface area contributed by atoms with Crippen molar-refractivity contribution in [3.63, 3.8) is 0 Å². The number of nitrogens with two attached hydrogens (primary N) is 1. The van der Waals surface area contributed by atoms with Crippen LogP contribution in [0.1, 0.15) is 24.7 Å². The molecule has 0 radical (unpaired) electrons. The lowest BCUT2D eigenvalue weighted by atomic mass is 10.2. The van der Waals surface area contributed by atoms with Crippen LogP contribution in [0.3, 0.4) is 0 Å². The van der Waals surface area contributed by atoms with E-state index in [-0.39, 0.29) is 0 Å². The number of aryl methyl sites for hydroxylation is 1. The summed E-state index contributed by atoms with van der Waals surface area (Å²) in [5, 5.41) is 0. The molecule has 3 nitrogen and oxygen atoms in total. The third-order valence-electron chi connectivity index (χ3n) is 2.05. The Morgan fingerprint density at radius 2 is 2.27 bits per heavy atom. The normalized spacial score (nSPS) is 10.1. The summed E-state index contributed by atoms with van der Waals surface area (Å²) >= 11 is 0. The average Bonchev–Trinajstić information content (AvgIpc) is 2.19. The minimum absolute atomic E-state index is 0.407. The third kappa shape index (κ3) is 3.72. The Morgan fingerprint density at radius 1 is 1.53 bits per heavy atom. The summed E-state index contributed by atoms with van der Waals surface area (Å²) in [6.07, 6.45) is 0.859. The zero-order valence-corrected chi connectivity index (χ0v) is 9.42. The van der Waals surface area contributed by atoms with E-state index in [1.165, 1.54) is 0 Å². The van der Waals surface area contributed by atoms with Crippen LogP contribution in [0, 0.1) is 6.92 Å². The van der Waals surface area contributed by atoms with Crippen molar-refractivity contribution in [1.82, 2.24) is 4.98 Å². The Kier molecular flexibility index (Phi) is 4.31. The molecule has 0 unspecified atom stereocenters. The molecule has 0 aliphatic rings. The van der Waals surface area contributed by atoms with Crippen molar-refractivity contribution in [3.05, 3.63) is 35.7 Å². The highest BCUT2D eigenvalue weighted by atomic mass is 16.5. The predicted octanol–water partition coefficient (Wildman–Crippen LogP) is 2.19. The molecule has 0 amide bonds. The lowest BCUT2D eigenvalue weighted by Gasteiger charge is -2.10. The summed E-state index contributed by atoms with van der Waals surface area (Å²) in [5.41, 5.74) is 8.48. The van der Waals surface area contributed by atoms with Gasteiger partial charge in [0.2, 0.25) is 0 Å². The predicted molar refractivity (Wildman–Crippen MR) is 61.8 cm³/mol. The van der Waals surface area contributed by atoms with Crippen molar-refractivity contribution in [2.24, 2.45) is 5.73 Å². The number of aromatic nitrogens is 1. The Labute approximate surface area is 91.0 Å². The van der Waals surface area contributed by atoms with Gasteiger partial charge in [-0.3, -0.25) is 4.98 Å². The maximum atomic E-state index is 5.59. The van der Waals surface area contributed by atoms with Crippen molar-refractivity contribution in [1.29, 1.82) is 0 Å². The molecule has 0 saturated carbocycles. The first-order valence-electron chi connectivity index (χ1n) is 5.07. The van der Waals surface area contributed by atoms with Crippen molar-refractivity contribution < 1.29 is 4.74 Å². The number of hydrogen-bond acceptors (Lipinski definition) is 3. The third-order valence-corrected chi connectivity index (χ3v) is 2.05. The highest BCUT2D eigenvalue weighted by molar-refractivity contribution is 5.29. The maximum Gasteiger partial charge on any atom is 0.142 e. The van der Waals surface area contributed by atoms with Crippen molar-refractivity contribution in [2.45, 2.75) is 26.8 Å². The van der Waals surface area contributed by atoms with Gasteiger partial charge in [-0.1, -0.05) is 5.57 Å². The summed E-state index contributed by atoms with van der Waals surface area (Å²) < 4.78 is 5.59. The summed E-state index contributed by atoms with van der Waals surface area (Å²) in [4.78, 5) is 4.32. The Hall–Kier alpha value is -1.35. The van der Waals surface area contributed by atoms with Gasteiger partial charge >= 0.3 is 0 Å². The zero-order chi connectivity index (χ0) is 11.3. The van der Waals surface area contributed by atoms with Gasteiger partial charge in [0.05, 0.1) is 12.3 Å². The lowest BCUT2D eigenvalue weighted by Crippen LogP contribution is -2.06. The van der Waals surface area contributed by atoms with E-state index >= 15 is 0 Å². The molecule has 0 aliphatic carbocycles. The summed E-state index contributed by atoms with van der Waals surface area (Å²) in [5.74, 6) is 0.782. The van der Waals surface area contributed by atoms with Crippen LogP contribution in [0.25, 0.3) is 0 Å². The molecule has 1 aromatic rings. The van der Waals surface area contributed by atoms with Crippen LogP contribution >= 0.6 is 0 Å². The van der Waals surface area contributed by atoms with E-state index in [0.717, 1.165) is 29.1 Å². The fraction of sp³-hybridized carbons (Fsp3) is 0.417. The lowest BCUT2D eigenvalue weighted by molar-refractivity contribution is 0.316. The van der Waals surface area contributed by atoms with Crippen molar-refractivity contribution in [3.8, 4) is 5.75 Å². The van der Waals surface area contributed by atoms with E-state index in [2.05, 4.69) is 11.6 Å². The van der Waals surface area contributed by atoms with E-state index in [9.17, 15) is 0 Å². The number of hydrogen-bond donors (Lipinski definition) is 1. The maximum absolute atomic E-state index is 5.59. The minimum atomic E-state index is 0.407. The number of nitrogens with zero attached hydrogens (tertiary/aromatic N) is 1. The first-order chi connectivity index (χ1) is 7.13. The second-order valence-electron chi connectivity index (χ2n) is 3.66. The van der Waals surface area contributed by atoms with E-state index < -0.39 is 0 Å². The van der Waals surface area contributed by atoms with Crippen LogP contribution in [0.4, 0.5) is 0 Å². The molecule has 1 rings (SSSR count). The van der Waals surface area contributed by atoms with Crippen LogP contribution in [-0.4, -0.2) is 11.6 Å². The van der Waals surface area contributed by atoms with E-state index in [0.29, 0.717) is 13.2 Å². The van der Waals surface area contributed by atoms with Gasteiger partial charge < -0.3 is 10.5 Å². The topological polar surface area (TPSA) is 48.1 Å².